The van der Waals surface area contributed by atoms with Gasteiger partial charge in [-0.05, 0) is 57.0 Å². The van der Waals surface area contributed by atoms with Crippen LogP contribution in [0.1, 0.15) is 51.1 Å². The summed E-state index contributed by atoms with van der Waals surface area (Å²) in [7, 11) is -5.25. The fraction of sp³-hybridized carbons (Fsp3) is 0.276. The summed E-state index contributed by atoms with van der Waals surface area (Å²) in [6, 6.07) is 12.4. The minimum absolute atomic E-state index is 0.128. The molecule has 11 heteroatoms. The first kappa shape index (κ1) is 25.8. The lowest BCUT2D eigenvalue weighted by Crippen LogP contribution is -2.15. The van der Waals surface area contributed by atoms with Crippen LogP contribution in [0.2, 0.25) is 0 Å². The van der Waals surface area contributed by atoms with Gasteiger partial charge in [0, 0.05) is 34.3 Å². The molecule has 3 aromatic heterocycles. The van der Waals surface area contributed by atoms with E-state index in [0.29, 0.717) is 49.9 Å². The summed E-state index contributed by atoms with van der Waals surface area (Å²) in [4.78, 5) is 21.5. The average molecular weight is 561 g/mol. The third-order valence-electron chi connectivity index (χ3n) is 7.25. The van der Waals surface area contributed by atoms with Gasteiger partial charge in [0.25, 0.3) is 0 Å². The van der Waals surface area contributed by atoms with Crippen molar-refractivity contribution in [3.05, 3.63) is 64.6 Å². The average Bonchev–Trinajstić information content (AvgIpc) is 3.56. The molecular formula is C29H25FN4O5S. The highest BCUT2D eigenvalue weighted by Gasteiger charge is 2.26. The number of ether oxygens (including phenoxy) is 1. The largest absolute Gasteiger partial charge is 0.490 e. The number of halogens is 1. The van der Waals surface area contributed by atoms with Gasteiger partial charge in [-0.3, -0.25) is 9.78 Å². The van der Waals surface area contributed by atoms with Crippen LogP contribution in [0.5, 0.6) is 11.5 Å². The molecule has 1 aliphatic rings. The predicted molar refractivity (Wildman–Crippen MR) is 149 cm³/mol. The van der Waals surface area contributed by atoms with Gasteiger partial charge in [-0.25, -0.2) is 0 Å². The summed E-state index contributed by atoms with van der Waals surface area (Å²) >= 11 is 0. The van der Waals surface area contributed by atoms with Crippen LogP contribution in [-0.4, -0.2) is 29.1 Å². The number of aromatic amines is 1. The summed E-state index contributed by atoms with van der Waals surface area (Å²) < 4.78 is 48.2. The first-order valence-electron chi connectivity index (χ1n) is 13.0. The van der Waals surface area contributed by atoms with Crippen molar-refractivity contribution in [1.29, 1.82) is 5.26 Å². The highest BCUT2D eigenvalue weighted by molar-refractivity contribution is 7.81. The molecule has 9 nitrogen and oxygen atoms in total. The topological polar surface area (TPSA) is 127 Å². The SMILES string of the molecule is CC(C)Oc1cc2c(=O)c3c4ccc(C#N)cc4[nH]c3n(C3CCCC3)c2cc1-c1cncc(OS(=O)(=O)F)c1. The molecule has 0 aliphatic heterocycles. The van der Waals surface area contributed by atoms with E-state index in [4.69, 9.17) is 4.74 Å². The van der Waals surface area contributed by atoms with E-state index in [1.807, 2.05) is 19.9 Å². The minimum Gasteiger partial charge on any atom is -0.490 e. The van der Waals surface area contributed by atoms with Crippen molar-refractivity contribution in [2.75, 3.05) is 0 Å². The Morgan fingerprint density at radius 2 is 1.90 bits per heavy atom. The second-order valence-electron chi connectivity index (χ2n) is 10.3. The van der Waals surface area contributed by atoms with Gasteiger partial charge in [0.1, 0.15) is 11.4 Å². The number of aromatic nitrogens is 3. The standard InChI is InChI=1S/C29H25FN4O5S/c1-16(2)38-26-12-23-25(11-22(26)18-10-20(15-32-14-18)39-40(30,36)37)34(19-5-3-4-6-19)29-27(28(23)35)21-8-7-17(13-31)9-24(21)33-29/h7-12,14-16,19,33H,3-6H2,1-2H3. The highest BCUT2D eigenvalue weighted by Crippen LogP contribution is 2.40. The summed E-state index contributed by atoms with van der Waals surface area (Å²) in [5.74, 6) is 0.105. The Balaban J connectivity index is 1.71. The molecule has 2 aromatic carbocycles. The van der Waals surface area contributed by atoms with Gasteiger partial charge in [0.05, 0.1) is 40.2 Å². The number of fused-ring (bicyclic) bond motifs is 4. The van der Waals surface area contributed by atoms with Crippen molar-refractivity contribution < 1.29 is 21.2 Å². The van der Waals surface area contributed by atoms with Crippen LogP contribution in [0.25, 0.3) is 44.0 Å². The summed E-state index contributed by atoms with van der Waals surface area (Å²) in [5.41, 5.74) is 3.35. The van der Waals surface area contributed by atoms with Crippen molar-refractivity contribution >= 4 is 43.3 Å². The second kappa shape index (κ2) is 9.64. The molecule has 0 unspecified atom stereocenters. The molecule has 40 heavy (non-hydrogen) atoms. The summed E-state index contributed by atoms with van der Waals surface area (Å²) in [6.45, 7) is 3.71. The van der Waals surface area contributed by atoms with Gasteiger partial charge in [-0.1, -0.05) is 22.8 Å². The second-order valence-corrected chi connectivity index (χ2v) is 11.2. The van der Waals surface area contributed by atoms with Gasteiger partial charge in [-0.15, -0.1) is 0 Å². The highest BCUT2D eigenvalue weighted by atomic mass is 32.3. The zero-order chi connectivity index (χ0) is 28.2. The molecule has 1 N–H and O–H groups in total. The van der Waals surface area contributed by atoms with Crippen LogP contribution >= 0.6 is 0 Å². The van der Waals surface area contributed by atoms with Crippen molar-refractivity contribution in [2.24, 2.45) is 0 Å². The third-order valence-corrected chi connectivity index (χ3v) is 7.64. The number of hydrogen-bond acceptors (Lipinski definition) is 7. The molecule has 0 amide bonds. The minimum atomic E-state index is -5.25. The molecular weight excluding hydrogens is 535 g/mol. The van der Waals surface area contributed by atoms with Crippen LogP contribution in [0.3, 0.4) is 0 Å². The lowest BCUT2D eigenvalue weighted by atomic mass is 10.0. The molecule has 0 bridgehead atoms. The normalized spacial score (nSPS) is 14.4. The van der Waals surface area contributed by atoms with Gasteiger partial charge in [0.2, 0.25) is 0 Å². The Morgan fingerprint density at radius 1 is 1.12 bits per heavy atom. The molecule has 204 valence electrons. The molecule has 0 radical (unpaired) electrons. The molecule has 1 aliphatic carbocycles. The van der Waals surface area contributed by atoms with Crippen LogP contribution < -0.4 is 14.3 Å². The molecule has 5 aromatic rings. The van der Waals surface area contributed by atoms with Crippen LogP contribution in [-0.2, 0) is 10.5 Å². The number of pyridine rings is 2. The van der Waals surface area contributed by atoms with E-state index < -0.39 is 10.5 Å². The zero-order valence-corrected chi connectivity index (χ0v) is 22.6. The lowest BCUT2D eigenvalue weighted by Gasteiger charge is -2.22. The number of benzene rings is 2. The molecule has 6 rings (SSSR count). The first-order chi connectivity index (χ1) is 19.1. The Labute approximate surface area is 229 Å². The van der Waals surface area contributed by atoms with E-state index in [1.54, 1.807) is 24.3 Å². The van der Waals surface area contributed by atoms with Crippen LogP contribution in [0.4, 0.5) is 3.89 Å². The van der Waals surface area contributed by atoms with E-state index in [2.05, 4.69) is 24.8 Å². The predicted octanol–water partition coefficient (Wildman–Crippen LogP) is 6.07. The molecule has 1 fully saturated rings. The van der Waals surface area contributed by atoms with Gasteiger partial charge in [-0.2, -0.15) is 13.7 Å². The summed E-state index contributed by atoms with van der Waals surface area (Å²) in [5, 5.41) is 11.2. The molecule has 0 atom stereocenters. The van der Waals surface area contributed by atoms with E-state index in [0.717, 1.165) is 37.3 Å². The zero-order valence-electron chi connectivity index (χ0n) is 21.8. The quantitative estimate of drug-likeness (QED) is 0.250. The fourth-order valence-corrected chi connectivity index (χ4v) is 6.03. The Kier molecular flexibility index (Phi) is 6.22. The maximum absolute atomic E-state index is 14.1. The Hall–Kier alpha value is -4.43. The van der Waals surface area contributed by atoms with E-state index in [1.165, 1.54) is 12.3 Å². The van der Waals surface area contributed by atoms with Gasteiger partial charge < -0.3 is 18.5 Å². The van der Waals surface area contributed by atoms with E-state index in [9.17, 15) is 22.4 Å². The smallest absolute Gasteiger partial charge is 0.488 e. The third kappa shape index (κ3) is 4.54. The van der Waals surface area contributed by atoms with Crippen molar-refractivity contribution in [2.45, 2.75) is 51.7 Å². The fourth-order valence-electron chi connectivity index (χ4n) is 5.71. The Bertz CT molecular complexity index is 2020. The Morgan fingerprint density at radius 3 is 2.60 bits per heavy atom. The van der Waals surface area contributed by atoms with Crippen LogP contribution in [0.15, 0.2) is 53.6 Å². The number of nitrogens with zero attached hydrogens (tertiary/aromatic N) is 3. The number of nitriles is 1. The van der Waals surface area contributed by atoms with Gasteiger partial charge >= 0.3 is 10.5 Å². The van der Waals surface area contributed by atoms with E-state index in [-0.39, 0.29) is 23.3 Å². The maximum atomic E-state index is 14.1. The van der Waals surface area contributed by atoms with E-state index >= 15 is 0 Å². The van der Waals surface area contributed by atoms with Crippen molar-refractivity contribution in [1.82, 2.24) is 14.5 Å². The number of rotatable bonds is 6. The monoisotopic (exact) mass is 560 g/mol. The molecule has 0 spiro atoms. The number of H-pyrrole nitrogens is 1. The van der Waals surface area contributed by atoms with Crippen LogP contribution in [0, 0.1) is 11.3 Å². The first-order valence-corrected chi connectivity index (χ1v) is 14.3. The maximum Gasteiger partial charge on any atom is 0.488 e. The summed E-state index contributed by atoms with van der Waals surface area (Å²) in [6.07, 6.45) is 6.34. The number of hydrogen-bond donors (Lipinski definition) is 1. The molecule has 3 heterocycles. The van der Waals surface area contributed by atoms with Crippen molar-refractivity contribution in [3.8, 4) is 28.7 Å². The lowest BCUT2D eigenvalue weighted by molar-refractivity contribution is 0.244. The molecule has 1 saturated carbocycles. The van der Waals surface area contributed by atoms with Gasteiger partial charge in [0.15, 0.2) is 11.2 Å². The van der Waals surface area contributed by atoms with Crippen molar-refractivity contribution in [3.63, 3.8) is 0 Å². The number of nitrogens with one attached hydrogen (secondary N) is 1. The molecule has 0 saturated heterocycles.